The van der Waals surface area contributed by atoms with E-state index in [1.807, 2.05) is 7.05 Å². The number of ether oxygens (including phenoxy) is 1. The van der Waals surface area contributed by atoms with E-state index in [4.69, 9.17) is 4.74 Å². The summed E-state index contributed by atoms with van der Waals surface area (Å²) in [6, 6.07) is 0. The number of carbonyl (C=O) groups is 1. The van der Waals surface area contributed by atoms with Gasteiger partial charge in [0.25, 0.3) is 0 Å². The molecule has 0 aliphatic carbocycles. The first-order valence-corrected chi connectivity index (χ1v) is 5.16. The molecule has 0 aromatic rings. The highest BCUT2D eigenvalue weighted by atomic mass is 16.5. The standard InChI is InChI=1S/C10H23N3O2/c1-12(2)10(14)9-11-5-6-13(3)7-8-15-4/h11H,5-9H2,1-4H3. The fraction of sp³-hybridized carbons (Fsp3) is 0.900. The summed E-state index contributed by atoms with van der Waals surface area (Å²) in [6.45, 7) is 3.81. The molecule has 0 aliphatic rings. The molecule has 0 rings (SSSR count). The summed E-state index contributed by atoms with van der Waals surface area (Å²) in [5.74, 6) is 0.106. The van der Waals surface area contributed by atoms with E-state index in [1.54, 1.807) is 26.1 Å². The van der Waals surface area contributed by atoms with Crippen molar-refractivity contribution in [2.45, 2.75) is 0 Å². The number of nitrogens with one attached hydrogen (secondary N) is 1. The third-order valence-electron chi connectivity index (χ3n) is 2.12. The van der Waals surface area contributed by atoms with E-state index in [0.717, 1.165) is 26.2 Å². The van der Waals surface area contributed by atoms with E-state index in [0.29, 0.717) is 6.54 Å². The van der Waals surface area contributed by atoms with Crippen molar-refractivity contribution in [1.29, 1.82) is 0 Å². The highest BCUT2D eigenvalue weighted by molar-refractivity contribution is 5.77. The monoisotopic (exact) mass is 217 g/mol. The van der Waals surface area contributed by atoms with E-state index in [2.05, 4.69) is 10.2 Å². The van der Waals surface area contributed by atoms with Gasteiger partial charge in [-0.1, -0.05) is 0 Å². The minimum absolute atomic E-state index is 0.106. The lowest BCUT2D eigenvalue weighted by Gasteiger charge is -2.16. The van der Waals surface area contributed by atoms with Gasteiger partial charge in [0, 0.05) is 40.8 Å². The predicted octanol–water partition coefficient (Wildman–Crippen LogP) is -0.758. The van der Waals surface area contributed by atoms with Crippen molar-refractivity contribution in [3.63, 3.8) is 0 Å². The Bertz CT molecular complexity index is 174. The van der Waals surface area contributed by atoms with Gasteiger partial charge < -0.3 is 19.9 Å². The Kier molecular flexibility index (Phi) is 8.27. The third kappa shape index (κ3) is 8.35. The average molecular weight is 217 g/mol. The molecule has 0 saturated carbocycles. The van der Waals surface area contributed by atoms with Gasteiger partial charge >= 0.3 is 0 Å². The van der Waals surface area contributed by atoms with Crippen LogP contribution in [-0.4, -0.2) is 76.7 Å². The number of rotatable bonds is 8. The second kappa shape index (κ2) is 8.64. The number of hydrogen-bond acceptors (Lipinski definition) is 4. The Morgan fingerprint density at radius 2 is 1.93 bits per heavy atom. The van der Waals surface area contributed by atoms with Gasteiger partial charge in [-0.25, -0.2) is 0 Å². The van der Waals surface area contributed by atoms with Crippen molar-refractivity contribution < 1.29 is 9.53 Å². The van der Waals surface area contributed by atoms with Crippen LogP contribution in [0.5, 0.6) is 0 Å². The highest BCUT2D eigenvalue weighted by Crippen LogP contribution is 1.81. The number of nitrogens with zero attached hydrogens (tertiary/aromatic N) is 2. The summed E-state index contributed by atoms with van der Waals surface area (Å²) in [4.78, 5) is 14.9. The second-order valence-electron chi connectivity index (χ2n) is 3.76. The topological polar surface area (TPSA) is 44.8 Å². The number of amides is 1. The normalized spacial score (nSPS) is 10.7. The van der Waals surface area contributed by atoms with Gasteiger partial charge in [0.1, 0.15) is 0 Å². The molecule has 0 fully saturated rings. The van der Waals surface area contributed by atoms with Gasteiger partial charge in [0.2, 0.25) is 5.91 Å². The highest BCUT2D eigenvalue weighted by Gasteiger charge is 2.02. The zero-order valence-corrected chi connectivity index (χ0v) is 10.2. The van der Waals surface area contributed by atoms with E-state index in [9.17, 15) is 4.79 Å². The number of likely N-dealkylation sites (N-methyl/N-ethyl adjacent to an activating group) is 2. The molecule has 1 amide bonds. The SMILES string of the molecule is COCCN(C)CCNCC(=O)N(C)C. The lowest BCUT2D eigenvalue weighted by atomic mass is 10.5. The minimum atomic E-state index is 0.106. The molecule has 90 valence electrons. The molecule has 0 radical (unpaired) electrons. The zero-order valence-electron chi connectivity index (χ0n) is 10.2. The molecule has 0 aromatic carbocycles. The van der Waals surface area contributed by atoms with Crippen LogP contribution in [0, 0.1) is 0 Å². The lowest BCUT2D eigenvalue weighted by molar-refractivity contribution is -0.127. The average Bonchev–Trinajstić information content (AvgIpc) is 2.20. The first kappa shape index (κ1) is 14.3. The van der Waals surface area contributed by atoms with E-state index < -0.39 is 0 Å². The minimum Gasteiger partial charge on any atom is -0.383 e. The smallest absolute Gasteiger partial charge is 0.236 e. The van der Waals surface area contributed by atoms with E-state index in [-0.39, 0.29) is 5.91 Å². The fourth-order valence-corrected chi connectivity index (χ4v) is 0.982. The summed E-state index contributed by atoms with van der Waals surface area (Å²) >= 11 is 0. The van der Waals surface area contributed by atoms with Crippen LogP contribution in [-0.2, 0) is 9.53 Å². The Labute approximate surface area is 92.4 Å². The third-order valence-corrected chi connectivity index (χ3v) is 2.12. The van der Waals surface area contributed by atoms with Gasteiger partial charge in [-0.3, -0.25) is 4.79 Å². The van der Waals surface area contributed by atoms with Crippen molar-refractivity contribution in [2.24, 2.45) is 0 Å². The number of hydrogen-bond donors (Lipinski definition) is 1. The summed E-state index contributed by atoms with van der Waals surface area (Å²) in [7, 11) is 7.25. The van der Waals surface area contributed by atoms with Crippen LogP contribution >= 0.6 is 0 Å². The Morgan fingerprint density at radius 3 is 2.47 bits per heavy atom. The lowest BCUT2D eigenvalue weighted by Crippen LogP contribution is -2.37. The summed E-state index contributed by atoms with van der Waals surface area (Å²) in [5, 5.41) is 3.10. The molecule has 0 unspecified atom stereocenters. The molecule has 0 spiro atoms. The van der Waals surface area contributed by atoms with Crippen LogP contribution < -0.4 is 5.32 Å². The largest absolute Gasteiger partial charge is 0.383 e. The molecule has 0 saturated heterocycles. The van der Waals surface area contributed by atoms with Crippen molar-refractivity contribution in [2.75, 3.05) is 61.0 Å². The predicted molar refractivity (Wildman–Crippen MR) is 60.9 cm³/mol. The van der Waals surface area contributed by atoms with Crippen LogP contribution in [0.1, 0.15) is 0 Å². The second-order valence-corrected chi connectivity index (χ2v) is 3.76. The molecule has 0 aliphatic heterocycles. The van der Waals surface area contributed by atoms with Crippen molar-refractivity contribution >= 4 is 5.91 Å². The first-order chi connectivity index (χ1) is 7.07. The molecule has 15 heavy (non-hydrogen) atoms. The fourth-order valence-electron chi connectivity index (χ4n) is 0.982. The van der Waals surface area contributed by atoms with E-state index >= 15 is 0 Å². The summed E-state index contributed by atoms with van der Waals surface area (Å²) in [6.07, 6.45) is 0. The maximum absolute atomic E-state index is 11.2. The molecule has 0 atom stereocenters. The Hall–Kier alpha value is -0.650. The van der Waals surface area contributed by atoms with Gasteiger partial charge in [0.05, 0.1) is 13.2 Å². The summed E-state index contributed by atoms with van der Waals surface area (Å²) in [5.41, 5.74) is 0. The first-order valence-electron chi connectivity index (χ1n) is 5.16. The molecule has 0 heterocycles. The van der Waals surface area contributed by atoms with Crippen LogP contribution in [0.15, 0.2) is 0 Å². The summed E-state index contributed by atoms with van der Waals surface area (Å²) < 4.78 is 4.97. The van der Waals surface area contributed by atoms with Gasteiger partial charge in [-0.15, -0.1) is 0 Å². The maximum atomic E-state index is 11.2. The van der Waals surface area contributed by atoms with Gasteiger partial charge in [-0.05, 0) is 7.05 Å². The van der Waals surface area contributed by atoms with Crippen LogP contribution in [0.4, 0.5) is 0 Å². The van der Waals surface area contributed by atoms with Crippen molar-refractivity contribution in [3.8, 4) is 0 Å². The van der Waals surface area contributed by atoms with Crippen LogP contribution in [0.3, 0.4) is 0 Å². The zero-order chi connectivity index (χ0) is 11.7. The molecule has 5 nitrogen and oxygen atoms in total. The molecule has 1 N–H and O–H groups in total. The Balaban J connectivity index is 3.34. The van der Waals surface area contributed by atoms with Crippen molar-refractivity contribution in [1.82, 2.24) is 15.1 Å². The molecular weight excluding hydrogens is 194 g/mol. The van der Waals surface area contributed by atoms with E-state index in [1.165, 1.54) is 0 Å². The quantitative estimate of drug-likeness (QED) is 0.543. The number of carbonyl (C=O) groups excluding carboxylic acids is 1. The molecule has 5 heteroatoms. The van der Waals surface area contributed by atoms with Crippen LogP contribution in [0.25, 0.3) is 0 Å². The van der Waals surface area contributed by atoms with Crippen molar-refractivity contribution in [3.05, 3.63) is 0 Å². The molecular formula is C10H23N3O2. The Morgan fingerprint density at radius 1 is 1.27 bits per heavy atom. The number of methoxy groups -OCH3 is 1. The maximum Gasteiger partial charge on any atom is 0.236 e. The molecule has 0 aromatic heterocycles. The van der Waals surface area contributed by atoms with Gasteiger partial charge in [-0.2, -0.15) is 0 Å². The van der Waals surface area contributed by atoms with Crippen LogP contribution in [0.2, 0.25) is 0 Å². The van der Waals surface area contributed by atoms with Gasteiger partial charge in [0.15, 0.2) is 0 Å². The molecule has 0 bridgehead atoms.